The van der Waals surface area contributed by atoms with Gasteiger partial charge in [-0.15, -0.1) is 0 Å². The molecule has 0 aromatic carbocycles. The number of carbonyl (C=O) groups excluding carboxylic acids is 2. The maximum Gasteiger partial charge on any atom is 0.278 e. The van der Waals surface area contributed by atoms with E-state index in [1.54, 1.807) is 0 Å². The Balaban J connectivity index is 3.82. The van der Waals surface area contributed by atoms with Crippen molar-refractivity contribution in [3.8, 4) is 0 Å². The molecule has 0 bridgehead atoms. The van der Waals surface area contributed by atoms with Crippen molar-refractivity contribution >= 4 is 12.2 Å². The summed E-state index contributed by atoms with van der Waals surface area (Å²) in [5.41, 5.74) is 0.791. The summed E-state index contributed by atoms with van der Waals surface area (Å²) < 4.78 is 0. The van der Waals surface area contributed by atoms with Crippen molar-refractivity contribution in [2.45, 2.75) is 0 Å². The molecule has 0 aromatic rings. The first-order chi connectivity index (χ1) is 3.72. The average molecular weight is 114 g/mol. The van der Waals surface area contributed by atoms with Crippen LogP contribution in [-0.4, -0.2) is 17.4 Å². The van der Waals surface area contributed by atoms with Gasteiger partial charge in [-0.05, 0) is 0 Å². The second-order valence-corrected chi connectivity index (χ2v) is 1.02. The lowest BCUT2D eigenvalue weighted by molar-refractivity contribution is -0.124. The van der Waals surface area contributed by atoms with Gasteiger partial charge in [0.1, 0.15) is 0 Å². The Labute approximate surface area is 45.8 Å². The zero-order valence-electron chi connectivity index (χ0n) is 3.97. The predicted molar refractivity (Wildman–Crippen MR) is 24.8 cm³/mol. The van der Waals surface area contributed by atoms with Crippen molar-refractivity contribution in [2.24, 2.45) is 0 Å². The number of carbonyl (C=O) groups is 1. The number of hydrogen-bond donors (Lipinski definition) is 2. The first-order valence-electron chi connectivity index (χ1n) is 1.74. The topological polar surface area (TPSA) is 66.4 Å². The average Bonchev–Trinajstić information content (AvgIpc) is 1.84. The van der Waals surface area contributed by atoms with Crippen LogP contribution in [0.2, 0.25) is 0 Å². The van der Waals surface area contributed by atoms with Gasteiger partial charge in [-0.2, -0.15) is 0 Å². The van der Waals surface area contributed by atoms with Crippen LogP contribution >= 0.6 is 0 Å². The van der Waals surface area contributed by atoms with Gasteiger partial charge in [0, 0.05) is 0 Å². The largest absolute Gasteiger partial charge is 0.288 e. The molecule has 1 amide bonds. The highest BCUT2D eigenvalue weighted by atomic mass is 16.5. The van der Waals surface area contributed by atoms with E-state index < -0.39 is 11.5 Å². The Morgan fingerprint density at radius 3 is 2.38 bits per heavy atom. The number of nitrogens with one attached hydrogen (secondary N) is 1. The van der Waals surface area contributed by atoms with Crippen LogP contribution in [0.3, 0.4) is 0 Å². The van der Waals surface area contributed by atoms with Crippen molar-refractivity contribution in [3.05, 3.63) is 12.2 Å². The highest BCUT2D eigenvalue weighted by Gasteiger charge is 2.01. The van der Waals surface area contributed by atoms with Crippen LogP contribution in [0.4, 0.5) is 0 Å². The van der Waals surface area contributed by atoms with Gasteiger partial charge in [-0.1, -0.05) is 6.58 Å². The number of rotatable bonds is 2. The van der Waals surface area contributed by atoms with Gasteiger partial charge < -0.3 is 0 Å². The van der Waals surface area contributed by atoms with Crippen LogP contribution in [0.25, 0.3) is 0 Å². The molecule has 0 aliphatic rings. The SMILES string of the molecule is C=C([C]=O)C(=O)NO. The minimum Gasteiger partial charge on any atom is -0.288 e. The fourth-order valence-electron chi connectivity index (χ4n) is 0.114. The van der Waals surface area contributed by atoms with Crippen LogP contribution in [0.5, 0.6) is 0 Å². The molecular formula is C4H4NO3. The van der Waals surface area contributed by atoms with Crippen molar-refractivity contribution in [1.29, 1.82) is 0 Å². The molecule has 0 aliphatic carbocycles. The molecule has 1 radical (unpaired) electrons. The van der Waals surface area contributed by atoms with Gasteiger partial charge in [0.25, 0.3) is 5.91 Å². The normalized spacial score (nSPS) is 7.62. The summed E-state index contributed by atoms with van der Waals surface area (Å²) in [6.07, 6.45) is 1.20. The Morgan fingerprint density at radius 1 is 1.75 bits per heavy atom. The lowest BCUT2D eigenvalue weighted by Crippen LogP contribution is -2.20. The minimum absolute atomic E-state index is 0.424. The summed E-state index contributed by atoms with van der Waals surface area (Å²) in [6.45, 7) is 2.95. The van der Waals surface area contributed by atoms with E-state index in [0.717, 1.165) is 0 Å². The molecular weight excluding hydrogens is 110 g/mol. The molecule has 0 atom stereocenters. The summed E-state index contributed by atoms with van der Waals surface area (Å²) in [5, 5.41) is 7.80. The zero-order chi connectivity index (χ0) is 6.57. The van der Waals surface area contributed by atoms with Crippen LogP contribution < -0.4 is 5.48 Å². The molecule has 0 heterocycles. The predicted octanol–water partition coefficient (Wildman–Crippen LogP) is -0.842. The molecule has 4 nitrogen and oxygen atoms in total. The summed E-state index contributed by atoms with van der Waals surface area (Å²) >= 11 is 0. The third-order valence-electron chi connectivity index (χ3n) is 0.499. The van der Waals surface area contributed by atoms with Gasteiger partial charge in [-0.3, -0.25) is 14.8 Å². The first kappa shape index (κ1) is 6.84. The first-order valence-corrected chi connectivity index (χ1v) is 1.74. The Bertz CT molecular complexity index is 129. The molecule has 0 saturated heterocycles. The summed E-state index contributed by atoms with van der Waals surface area (Å²) in [4.78, 5) is 19.5. The fraction of sp³-hybridized carbons (Fsp3) is 0. The van der Waals surface area contributed by atoms with Gasteiger partial charge >= 0.3 is 0 Å². The lowest BCUT2D eigenvalue weighted by atomic mass is 10.3. The Morgan fingerprint density at radius 2 is 2.25 bits per heavy atom. The van der Waals surface area contributed by atoms with E-state index in [-0.39, 0.29) is 0 Å². The molecule has 2 N–H and O–H groups in total. The molecule has 43 valence electrons. The monoisotopic (exact) mass is 114 g/mol. The molecule has 0 spiro atoms. The van der Waals surface area contributed by atoms with E-state index in [2.05, 4.69) is 6.58 Å². The van der Waals surface area contributed by atoms with Crippen LogP contribution in [0, 0.1) is 0 Å². The van der Waals surface area contributed by atoms with Gasteiger partial charge in [0.2, 0.25) is 6.29 Å². The standard InChI is InChI=1S/C4H4NO3/c1-3(2-6)4(7)5-8/h8H,1H2,(H,5,7). The van der Waals surface area contributed by atoms with Gasteiger partial charge in [0.05, 0.1) is 5.57 Å². The van der Waals surface area contributed by atoms with Crippen molar-refractivity contribution in [3.63, 3.8) is 0 Å². The van der Waals surface area contributed by atoms with Crippen molar-refractivity contribution in [1.82, 2.24) is 5.48 Å². The van der Waals surface area contributed by atoms with Crippen molar-refractivity contribution in [2.75, 3.05) is 0 Å². The number of amides is 1. The molecule has 0 aliphatic heterocycles. The molecule has 0 saturated carbocycles. The molecule has 0 rings (SSSR count). The number of hydroxylamine groups is 1. The second kappa shape index (κ2) is 2.92. The van der Waals surface area contributed by atoms with E-state index in [1.165, 1.54) is 11.8 Å². The summed E-state index contributed by atoms with van der Waals surface area (Å²) in [6, 6.07) is 0. The van der Waals surface area contributed by atoms with Crippen molar-refractivity contribution < 1.29 is 14.8 Å². The summed E-state index contributed by atoms with van der Waals surface area (Å²) in [5.74, 6) is -0.931. The zero-order valence-corrected chi connectivity index (χ0v) is 3.97. The van der Waals surface area contributed by atoms with Crippen LogP contribution in [0.15, 0.2) is 12.2 Å². The van der Waals surface area contributed by atoms with E-state index >= 15 is 0 Å². The summed E-state index contributed by atoms with van der Waals surface area (Å²) in [7, 11) is 0. The highest BCUT2D eigenvalue weighted by molar-refractivity contribution is 6.09. The maximum absolute atomic E-state index is 10.0. The van der Waals surface area contributed by atoms with Crippen LogP contribution in [0.1, 0.15) is 0 Å². The molecule has 0 unspecified atom stereocenters. The molecule has 4 heteroatoms. The Kier molecular flexibility index (Phi) is 2.50. The number of hydrogen-bond acceptors (Lipinski definition) is 3. The lowest BCUT2D eigenvalue weighted by Gasteiger charge is -1.88. The minimum atomic E-state index is -0.931. The third kappa shape index (κ3) is 1.53. The van der Waals surface area contributed by atoms with E-state index in [1.807, 2.05) is 0 Å². The van der Waals surface area contributed by atoms with E-state index in [0.29, 0.717) is 0 Å². The van der Waals surface area contributed by atoms with Gasteiger partial charge in [-0.25, -0.2) is 5.48 Å². The fourth-order valence-corrected chi connectivity index (χ4v) is 0.114. The van der Waals surface area contributed by atoms with Crippen LogP contribution in [-0.2, 0) is 9.59 Å². The smallest absolute Gasteiger partial charge is 0.278 e. The molecule has 8 heavy (non-hydrogen) atoms. The quantitative estimate of drug-likeness (QED) is 0.162. The van der Waals surface area contributed by atoms with Gasteiger partial charge in [0.15, 0.2) is 0 Å². The molecule has 0 fully saturated rings. The highest BCUT2D eigenvalue weighted by Crippen LogP contribution is 1.79. The van der Waals surface area contributed by atoms with E-state index in [4.69, 9.17) is 5.21 Å². The second-order valence-electron chi connectivity index (χ2n) is 1.02. The Hall–Kier alpha value is -1.16. The molecule has 0 aromatic heterocycles. The third-order valence-corrected chi connectivity index (χ3v) is 0.499. The van der Waals surface area contributed by atoms with E-state index in [9.17, 15) is 9.59 Å². The maximum atomic E-state index is 10.0.